The van der Waals surface area contributed by atoms with E-state index in [9.17, 15) is 13.2 Å². The van der Waals surface area contributed by atoms with E-state index < -0.39 is 9.05 Å². The van der Waals surface area contributed by atoms with Gasteiger partial charge in [-0.1, -0.05) is 32.6 Å². The average molecular weight is 335 g/mol. The zero-order valence-electron chi connectivity index (χ0n) is 12.7. The minimum atomic E-state index is -3.82. The van der Waals surface area contributed by atoms with Gasteiger partial charge in [0.05, 0.1) is 0 Å². The molecule has 0 aliphatic heterocycles. The Balaban J connectivity index is 2.61. The largest absolute Gasteiger partial charge is 0.348 e. The Bertz CT molecular complexity index is 581. The van der Waals surface area contributed by atoms with Crippen LogP contribution in [0, 0.1) is 0 Å². The number of amides is 1. The van der Waals surface area contributed by atoms with Gasteiger partial charge in [-0.2, -0.15) is 0 Å². The molecule has 0 aliphatic rings. The highest BCUT2D eigenvalue weighted by Crippen LogP contribution is 2.18. The van der Waals surface area contributed by atoms with Gasteiger partial charge in [-0.05, 0) is 19.4 Å². The normalized spacial score (nSPS) is 13.1. The summed E-state index contributed by atoms with van der Waals surface area (Å²) in [7, 11) is 3.08. The molecular formula is C14H23ClN2O3S. The number of aromatic nitrogens is 1. The van der Waals surface area contributed by atoms with Crippen LogP contribution in [0.15, 0.2) is 17.2 Å². The molecule has 1 heterocycles. The van der Waals surface area contributed by atoms with E-state index in [1.165, 1.54) is 29.7 Å². The molecule has 5 nitrogen and oxygen atoms in total. The molecule has 0 aliphatic carbocycles. The van der Waals surface area contributed by atoms with Gasteiger partial charge in [-0.25, -0.2) is 8.42 Å². The maximum atomic E-state index is 12.1. The van der Waals surface area contributed by atoms with Crippen LogP contribution in [-0.2, 0) is 16.1 Å². The summed E-state index contributed by atoms with van der Waals surface area (Å²) >= 11 is 0. The number of rotatable bonds is 8. The Kier molecular flexibility index (Phi) is 6.74. The molecule has 0 spiro atoms. The summed E-state index contributed by atoms with van der Waals surface area (Å²) in [5.74, 6) is -0.285. The predicted octanol–water partition coefficient (Wildman–Crippen LogP) is 3.04. The molecular weight excluding hydrogens is 312 g/mol. The SMILES string of the molecule is CCCCCCC(C)NC(=O)c1cc(S(=O)(=O)Cl)cn1C. The van der Waals surface area contributed by atoms with Crippen LogP contribution in [0.5, 0.6) is 0 Å². The number of nitrogens with zero attached hydrogens (tertiary/aromatic N) is 1. The highest BCUT2D eigenvalue weighted by molar-refractivity contribution is 8.13. The Labute approximate surface area is 131 Å². The summed E-state index contributed by atoms with van der Waals surface area (Å²) in [6.07, 6.45) is 6.87. The van der Waals surface area contributed by atoms with Crippen molar-refractivity contribution in [2.24, 2.45) is 7.05 Å². The molecule has 1 atom stereocenters. The molecule has 1 N–H and O–H groups in total. The maximum absolute atomic E-state index is 12.1. The Morgan fingerprint density at radius 3 is 2.57 bits per heavy atom. The molecule has 1 unspecified atom stereocenters. The molecule has 0 saturated heterocycles. The number of carbonyl (C=O) groups excluding carboxylic acids is 1. The average Bonchev–Trinajstić information content (AvgIpc) is 2.77. The second kappa shape index (κ2) is 7.84. The van der Waals surface area contributed by atoms with Gasteiger partial charge in [0.2, 0.25) is 0 Å². The van der Waals surface area contributed by atoms with Crippen molar-refractivity contribution in [3.05, 3.63) is 18.0 Å². The highest BCUT2D eigenvalue weighted by atomic mass is 35.7. The molecule has 0 aromatic carbocycles. The minimum absolute atomic E-state index is 0.0558. The van der Waals surface area contributed by atoms with Crippen molar-refractivity contribution in [3.8, 4) is 0 Å². The lowest BCUT2D eigenvalue weighted by atomic mass is 10.1. The molecule has 7 heteroatoms. The van der Waals surface area contributed by atoms with E-state index in [0.717, 1.165) is 19.3 Å². The monoisotopic (exact) mass is 334 g/mol. The van der Waals surface area contributed by atoms with Gasteiger partial charge in [0.25, 0.3) is 15.0 Å². The van der Waals surface area contributed by atoms with Crippen LogP contribution >= 0.6 is 10.7 Å². The molecule has 1 rings (SSSR count). The third-order valence-electron chi connectivity index (χ3n) is 3.36. The van der Waals surface area contributed by atoms with Crippen molar-refractivity contribution >= 4 is 25.6 Å². The van der Waals surface area contributed by atoms with Crippen LogP contribution in [-0.4, -0.2) is 24.9 Å². The predicted molar refractivity (Wildman–Crippen MR) is 84.1 cm³/mol. The van der Waals surface area contributed by atoms with Crippen molar-refractivity contribution in [2.75, 3.05) is 0 Å². The lowest BCUT2D eigenvalue weighted by Gasteiger charge is -2.13. The van der Waals surface area contributed by atoms with Crippen molar-refractivity contribution in [2.45, 2.75) is 56.9 Å². The van der Waals surface area contributed by atoms with E-state index in [1.807, 2.05) is 6.92 Å². The first kappa shape index (κ1) is 18.0. The van der Waals surface area contributed by atoms with Crippen LogP contribution in [0.2, 0.25) is 0 Å². The van der Waals surface area contributed by atoms with Gasteiger partial charge >= 0.3 is 0 Å². The second-order valence-corrected chi connectivity index (χ2v) is 7.90. The summed E-state index contributed by atoms with van der Waals surface area (Å²) in [4.78, 5) is 12.1. The van der Waals surface area contributed by atoms with Crippen LogP contribution in [0.4, 0.5) is 0 Å². The van der Waals surface area contributed by atoms with Crippen LogP contribution < -0.4 is 5.32 Å². The summed E-state index contributed by atoms with van der Waals surface area (Å²) in [5.41, 5.74) is 0.287. The van der Waals surface area contributed by atoms with Crippen LogP contribution in [0.25, 0.3) is 0 Å². The summed E-state index contributed by atoms with van der Waals surface area (Å²) in [6.45, 7) is 4.11. The van der Waals surface area contributed by atoms with E-state index in [1.54, 1.807) is 7.05 Å². The fraction of sp³-hybridized carbons (Fsp3) is 0.643. The lowest BCUT2D eigenvalue weighted by molar-refractivity contribution is 0.0929. The zero-order chi connectivity index (χ0) is 16.0. The molecule has 120 valence electrons. The van der Waals surface area contributed by atoms with Crippen molar-refractivity contribution in [1.82, 2.24) is 9.88 Å². The van der Waals surface area contributed by atoms with E-state index in [-0.39, 0.29) is 22.5 Å². The quantitative estimate of drug-likeness (QED) is 0.587. The van der Waals surface area contributed by atoms with E-state index in [4.69, 9.17) is 10.7 Å². The van der Waals surface area contributed by atoms with Crippen molar-refractivity contribution in [3.63, 3.8) is 0 Å². The smallest absolute Gasteiger partial charge is 0.268 e. The molecule has 0 bridgehead atoms. The zero-order valence-corrected chi connectivity index (χ0v) is 14.3. The number of carbonyl (C=O) groups is 1. The van der Waals surface area contributed by atoms with Crippen LogP contribution in [0.1, 0.15) is 56.4 Å². The minimum Gasteiger partial charge on any atom is -0.348 e. The highest BCUT2D eigenvalue weighted by Gasteiger charge is 2.19. The number of unbranched alkanes of at least 4 members (excludes halogenated alkanes) is 3. The second-order valence-electron chi connectivity index (χ2n) is 5.33. The van der Waals surface area contributed by atoms with E-state index >= 15 is 0 Å². The molecule has 1 aromatic heterocycles. The van der Waals surface area contributed by atoms with Gasteiger partial charge in [0.1, 0.15) is 10.6 Å². The number of hydrogen-bond donors (Lipinski definition) is 1. The standard InChI is InChI=1S/C14H23ClN2O3S/c1-4-5-6-7-8-11(2)16-14(18)13-9-12(10-17(13)3)21(15,19)20/h9-11H,4-8H2,1-3H3,(H,16,18). The van der Waals surface area contributed by atoms with Gasteiger partial charge in [-0.3, -0.25) is 4.79 Å². The molecule has 0 saturated carbocycles. The number of halogens is 1. The Morgan fingerprint density at radius 2 is 2.05 bits per heavy atom. The first-order chi connectivity index (χ1) is 9.75. The molecule has 0 radical (unpaired) electrons. The lowest BCUT2D eigenvalue weighted by Crippen LogP contribution is -2.33. The Hall–Kier alpha value is -1.01. The van der Waals surface area contributed by atoms with E-state index in [2.05, 4.69) is 12.2 Å². The topological polar surface area (TPSA) is 68.2 Å². The van der Waals surface area contributed by atoms with Gasteiger partial charge in [0.15, 0.2) is 0 Å². The van der Waals surface area contributed by atoms with Crippen molar-refractivity contribution < 1.29 is 13.2 Å². The maximum Gasteiger partial charge on any atom is 0.268 e. The van der Waals surface area contributed by atoms with Gasteiger partial charge < -0.3 is 9.88 Å². The van der Waals surface area contributed by atoms with Gasteiger partial charge in [-0.15, -0.1) is 0 Å². The summed E-state index contributed by atoms with van der Waals surface area (Å²) < 4.78 is 24.0. The summed E-state index contributed by atoms with van der Waals surface area (Å²) in [5, 5.41) is 2.88. The van der Waals surface area contributed by atoms with E-state index in [0.29, 0.717) is 0 Å². The van der Waals surface area contributed by atoms with Gasteiger partial charge in [0, 0.05) is 30.0 Å². The number of hydrogen-bond acceptors (Lipinski definition) is 3. The molecule has 0 fully saturated rings. The fourth-order valence-electron chi connectivity index (χ4n) is 2.14. The third-order valence-corrected chi connectivity index (χ3v) is 4.68. The third kappa shape index (κ3) is 5.71. The number of nitrogens with one attached hydrogen (secondary N) is 1. The van der Waals surface area contributed by atoms with Crippen LogP contribution in [0.3, 0.4) is 0 Å². The Morgan fingerprint density at radius 1 is 1.38 bits per heavy atom. The first-order valence-electron chi connectivity index (χ1n) is 7.17. The first-order valence-corrected chi connectivity index (χ1v) is 9.48. The fourth-order valence-corrected chi connectivity index (χ4v) is 2.93. The van der Waals surface area contributed by atoms with Crippen molar-refractivity contribution in [1.29, 1.82) is 0 Å². The summed E-state index contributed by atoms with van der Waals surface area (Å²) in [6, 6.07) is 1.35. The molecule has 1 amide bonds. The molecule has 1 aromatic rings. The molecule has 21 heavy (non-hydrogen) atoms. The number of aryl methyl sites for hydroxylation is 1.